The molecule has 19 heteroatoms. The van der Waals surface area contributed by atoms with Gasteiger partial charge in [-0.15, -0.1) is 0 Å². The number of hydrogen-bond donors (Lipinski definition) is 10. The summed E-state index contributed by atoms with van der Waals surface area (Å²) in [4.78, 5) is 73.1. The van der Waals surface area contributed by atoms with Crippen molar-refractivity contribution < 1.29 is 68.4 Å². The first kappa shape index (κ1) is 34.5. The van der Waals surface area contributed by atoms with Crippen molar-refractivity contribution in [3.63, 3.8) is 0 Å². The number of nitrogens with one attached hydrogen (secondary N) is 1. The molecule has 0 aromatic heterocycles. The molecule has 0 aromatic carbocycles. The van der Waals surface area contributed by atoms with Crippen LogP contribution in [0.2, 0.25) is 0 Å². The second kappa shape index (κ2) is 16.8. The SMILES string of the molecule is NCCNC(CC(=O)O)C(CC(=O)O)(CC(=O)O)N(CC(=O)O)CC(=O)O.NCCOP(=O)(O)O. The van der Waals surface area contributed by atoms with E-state index in [1.807, 2.05) is 0 Å². The summed E-state index contributed by atoms with van der Waals surface area (Å²) in [7, 11) is -4.26. The van der Waals surface area contributed by atoms with Crippen molar-refractivity contribution in [2.75, 3.05) is 39.3 Å². The summed E-state index contributed by atoms with van der Waals surface area (Å²) in [6.45, 7) is -2.05. The maximum atomic E-state index is 11.4. The molecular formula is C16H31N4O14P. The molecule has 0 aliphatic carbocycles. The van der Waals surface area contributed by atoms with Crippen LogP contribution in [0.15, 0.2) is 0 Å². The van der Waals surface area contributed by atoms with Gasteiger partial charge in [0.15, 0.2) is 0 Å². The third kappa shape index (κ3) is 16.5. The van der Waals surface area contributed by atoms with E-state index in [0.29, 0.717) is 4.90 Å². The Hall–Kier alpha value is -2.70. The molecule has 0 rings (SSSR count). The normalized spacial score (nSPS) is 12.4. The summed E-state index contributed by atoms with van der Waals surface area (Å²) in [5.74, 6) is -7.60. The van der Waals surface area contributed by atoms with Gasteiger partial charge in [0, 0.05) is 25.7 Å². The van der Waals surface area contributed by atoms with Crippen molar-refractivity contribution in [3.8, 4) is 0 Å². The van der Waals surface area contributed by atoms with Gasteiger partial charge in [0.05, 0.1) is 44.5 Å². The van der Waals surface area contributed by atoms with Crippen LogP contribution < -0.4 is 16.8 Å². The highest BCUT2D eigenvalue weighted by Gasteiger charge is 2.49. The molecule has 0 fully saturated rings. The Kier molecular flexibility index (Phi) is 16.6. The summed E-state index contributed by atoms with van der Waals surface area (Å²) < 4.78 is 13.7. The molecule has 204 valence electrons. The lowest BCUT2D eigenvalue weighted by Crippen LogP contribution is -2.65. The second-order valence-electron chi connectivity index (χ2n) is 6.89. The standard InChI is InChI=1S/C14H23N3O10.C2H8NO4P/c15-1-2-16-8(3-9(18)19)14(4-10(20)21,5-11(22)23)17(6-12(24)25)7-13(26)27;3-1-2-7-8(4,5)6/h8,16H,1-7,15H2,(H,18,19)(H,20,21)(H,22,23)(H,24,25)(H,26,27);1-3H2,(H2,4,5,6). The van der Waals surface area contributed by atoms with E-state index in [1.54, 1.807) is 0 Å². The molecule has 1 unspecified atom stereocenters. The number of nitrogens with zero attached hydrogens (tertiary/aromatic N) is 1. The van der Waals surface area contributed by atoms with E-state index in [0.717, 1.165) is 0 Å². The largest absolute Gasteiger partial charge is 0.481 e. The molecule has 35 heavy (non-hydrogen) atoms. The minimum atomic E-state index is -4.26. The Balaban J connectivity index is 0. The number of carbonyl (C=O) groups is 5. The molecule has 0 aromatic rings. The number of carboxylic acids is 5. The number of rotatable bonds is 18. The van der Waals surface area contributed by atoms with Gasteiger partial charge in [0.2, 0.25) is 0 Å². The first-order chi connectivity index (χ1) is 16.0. The maximum Gasteiger partial charge on any atom is 0.469 e. The van der Waals surface area contributed by atoms with Crippen LogP contribution in [0.5, 0.6) is 0 Å². The number of aliphatic carboxylic acids is 5. The smallest absolute Gasteiger partial charge is 0.469 e. The molecule has 12 N–H and O–H groups in total. The van der Waals surface area contributed by atoms with Gasteiger partial charge >= 0.3 is 37.7 Å². The molecule has 0 aliphatic heterocycles. The van der Waals surface area contributed by atoms with Crippen molar-refractivity contribution in [2.24, 2.45) is 11.5 Å². The number of phosphoric ester groups is 1. The van der Waals surface area contributed by atoms with E-state index >= 15 is 0 Å². The lowest BCUT2D eigenvalue weighted by atomic mass is 9.79. The van der Waals surface area contributed by atoms with Crippen molar-refractivity contribution in [2.45, 2.75) is 30.8 Å². The predicted octanol–water partition coefficient (Wildman–Crippen LogP) is -3.41. The average molecular weight is 534 g/mol. The van der Waals surface area contributed by atoms with Crippen molar-refractivity contribution >= 4 is 37.7 Å². The number of nitrogens with two attached hydrogens (primary N) is 2. The van der Waals surface area contributed by atoms with Crippen LogP contribution >= 0.6 is 7.82 Å². The Morgan fingerprint density at radius 3 is 1.54 bits per heavy atom. The topological polar surface area (TPSA) is 321 Å². The summed E-state index contributed by atoms with van der Waals surface area (Å²) >= 11 is 0. The Morgan fingerprint density at radius 1 is 0.829 bits per heavy atom. The van der Waals surface area contributed by atoms with Gasteiger partial charge in [-0.2, -0.15) is 0 Å². The number of carboxylic acid groups (broad SMARTS) is 5. The fourth-order valence-corrected chi connectivity index (χ4v) is 3.37. The monoisotopic (exact) mass is 534 g/mol. The van der Waals surface area contributed by atoms with E-state index in [4.69, 9.17) is 36.6 Å². The molecule has 0 saturated heterocycles. The lowest BCUT2D eigenvalue weighted by Gasteiger charge is -2.46. The van der Waals surface area contributed by atoms with Crippen LogP contribution in [0.4, 0.5) is 0 Å². The van der Waals surface area contributed by atoms with Crippen molar-refractivity contribution in [1.29, 1.82) is 0 Å². The Bertz CT molecular complexity index is 741. The highest BCUT2D eigenvalue weighted by Crippen LogP contribution is 2.35. The molecule has 0 amide bonds. The molecule has 0 bridgehead atoms. The van der Waals surface area contributed by atoms with Crippen LogP contribution in [0, 0.1) is 0 Å². The van der Waals surface area contributed by atoms with Gasteiger partial charge < -0.3 is 52.1 Å². The van der Waals surface area contributed by atoms with Crippen LogP contribution in [-0.2, 0) is 33.1 Å². The minimum absolute atomic E-state index is 0.00972. The lowest BCUT2D eigenvalue weighted by molar-refractivity contribution is -0.157. The highest BCUT2D eigenvalue weighted by molar-refractivity contribution is 7.46. The summed E-state index contributed by atoms with van der Waals surface area (Å²) in [6, 6.07) is -1.40. The zero-order valence-electron chi connectivity index (χ0n) is 18.5. The predicted molar refractivity (Wildman–Crippen MR) is 114 cm³/mol. The summed E-state index contributed by atoms with van der Waals surface area (Å²) in [6.07, 6.45) is -2.79. The molecule has 0 aliphatic rings. The van der Waals surface area contributed by atoms with Crippen LogP contribution in [0.1, 0.15) is 19.3 Å². The third-order valence-electron chi connectivity index (χ3n) is 4.14. The van der Waals surface area contributed by atoms with Gasteiger partial charge in [-0.05, 0) is 0 Å². The fourth-order valence-electron chi connectivity index (χ4n) is 3.03. The van der Waals surface area contributed by atoms with Gasteiger partial charge in [0.25, 0.3) is 0 Å². The molecule has 18 nitrogen and oxygen atoms in total. The van der Waals surface area contributed by atoms with E-state index in [1.165, 1.54) is 0 Å². The van der Waals surface area contributed by atoms with E-state index < -0.39 is 81.6 Å². The molecule has 1 atom stereocenters. The Morgan fingerprint density at radius 2 is 1.29 bits per heavy atom. The van der Waals surface area contributed by atoms with Crippen LogP contribution in [0.3, 0.4) is 0 Å². The molecule has 0 heterocycles. The second-order valence-corrected chi connectivity index (χ2v) is 8.13. The first-order valence-corrected chi connectivity index (χ1v) is 11.2. The summed E-state index contributed by atoms with van der Waals surface area (Å²) in [5.41, 5.74) is 8.06. The highest BCUT2D eigenvalue weighted by atomic mass is 31.2. The minimum Gasteiger partial charge on any atom is -0.481 e. The quantitative estimate of drug-likeness (QED) is 0.0765. The van der Waals surface area contributed by atoms with Gasteiger partial charge in [0.1, 0.15) is 0 Å². The van der Waals surface area contributed by atoms with Crippen molar-refractivity contribution in [3.05, 3.63) is 0 Å². The van der Waals surface area contributed by atoms with Crippen LogP contribution in [-0.4, -0.2) is 121 Å². The van der Waals surface area contributed by atoms with E-state index in [9.17, 15) is 38.8 Å². The Labute approximate surface area is 198 Å². The molecule has 0 radical (unpaired) electrons. The summed E-state index contributed by atoms with van der Waals surface area (Å²) in [5, 5.41) is 48.5. The van der Waals surface area contributed by atoms with E-state index in [-0.39, 0.29) is 26.2 Å². The zero-order valence-corrected chi connectivity index (χ0v) is 19.4. The maximum absolute atomic E-state index is 11.4. The van der Waals surface area contributed by atoms with Gasteiger partial charge in [-0.25, -0.2) is 4.57 Å². The molecular weight excluding hydrogens is 503 g/mol. The van der Waals surface area contributed by atoms with Gasteiger partial charge in [-0.3, -0.25) is 33.4 Å². The number of phosphoric acid groups is 1. The molecule has 0 spiro atoms. The molecule has 0 saturated carbocycles. The van der Waals surface area contributed by atoms with E-state index in [2.05, 4.69) is 9.84 Å². The average Bonchev–Trinajstić information content (AvgIpc) is 2.66. The van der Waals surface area contributed by atoms with Crippen molar-refractivity contribution in [1.82, 2.24) is 10.2 Å². The first-order valence-electron chi connectivity index (χ1n) is 9.68. The zero-order chi connectivity index (χ0) is 27.8. The third-order valence-corrected chi connectivity index (χ3v) is 4.66. The number of hydrogen-bond acceptors (Lipinski definition) is 11. The van der Waals surface area contributed by atoms with Gasteiger partial charge in [-0.1, -0.05) is 0 Å². The van der Waals surface area contributed by atoms with Crippen LogP contribution in [0.25, 0.3) is 0 Å². The fraction of sp³-hybridized carbons (Fsp3) is 0.688.